The van der Waals surface area contributed by atoms with Gasteiger partial charge in [-0.2, -0.15) is 0 Å². The first kappa shape index (κ1) is 9.00. The van der Waals surface area contributed by atoms with E-state index in [0.717, 1.165) is 29.7 Å². The van der Waals surface area contributed by atoms with Crippen molar-refractivity contribution in [3.8, 4) is 5.75 Å². The van der Waals surface area contributed by atoms with Gasteiger partial charge in [-0.05, 0) is 36.6 Å². The normalized spacial score (nSPS) is 14.8. The van der Waals surface area contributed by atoms with E-state index in [-0.39, 0.29) is 0 Å². The molecule has 0 atom stereocenters. The highest BCUT2D eigenvalue weighted by atomic mass is 16.5. The lowest BCUT2D eigenvalue weighted by molar-refractivity contribution is 0.414. The lowest BCUT2D eigenvalue weighted by Crippen LogP contribution is -1.99. The van der Waals surface area contributed by atoms with Crippen molar-refractivity contribution in [1.29, 1.82) is 5.41 Å². The van der Waals surface area contributed by atoms with E-state index in [4.69, 9.17) is 10.1 Å². The summed E-state index contributed by atoms with van der Waals surface area (Å²) in [7, 11) is 1.66. The van der Waals surface area contributed by atoms with E-state index < -0.39 is 0 Å². The molecule has 1 aromatic carbocycles. The van der Waals surface area contributed by atoms with Crippen LogP contribution in [0.3, 0.4) is 0 Å². The molecule has 2 nitrogen and oxygen atoms in total. The van der Waals surface area contributed by atoms with Crippen molar-refractivity contribution >= 4 is 11.8 Å². The summed E-state index contributed by atoms with van der Waals surface area (Å²) in [6, 6.07) is 5.85. The van der Waals surface area contributed by atoms with Crippen LogP contribution in [0.25, 0.3) is 6.08 Å². The molecule has 14 heavy (non-hydrogen) atoms. The average molecular weight is 187 g/mol. The fourth-order valence-electron chi connectivity index (χ4n) is 1.65. The van der Waals surface area contributed by atoms with Crippen LogP contribution < -0.4 is 4.74 Å². The highest BCUT2D eigenvalue weighted by Crippen LogP contribution is 2.23. The second kappa shape index (κ2) is 3.66. The fourth-order valence-corrected chi connectivity index (χ4v) is 1.65. The van der Waals surface area contributed by atoms with Gasteiger partial charge < -0.3 is 10.1 Å². The molecule has 1 aliphatic rings. The summed E-state index contributed by atoms with van der Waals surface area (Å²) in [4.78, 5) is 0. The van der Waals surface area contributed by atoms with Gasteiger partial charge in [0.25, 0.3) is 0 Å². The van der Waals surface area contributed by atoms with Crippen LogP contribution in [0.15, 0.2) is 24.3 Å². The van der Waals surface area contributed by atoms with E-state index in [1.807, 2.05) is 18.2 Å². The molecule has 0 saturated heterocycles. The Kier molecular flexibility index (Phi) is 2.35. The number of allylic oxidation sites excluding steroid dienone is 1. The highest BCUT2D eigenvalue weighted by molar-refractivity contribution is 6.02. The lowest BCUT2D eigenvalue weighted by Gasteiger charge is -2.07. The zero-order chi connectivity index (χ0) is 9.97. The predicted molar refractivity (Wildman–Crippen MR) is 58.1 cm³/mol. The zero-order valence-electron chi connectivity index (χ0n) is 8.21. The zero-order valence-corrected chi connectivity index (χ0v) is 8.21. The summed E-state index contributed by atoms with van der Waals surface area (Å²) in [6.07, 6.45) is 5.96. The smallest absolute Gasteiger partial charge is 0.119 e. The number of hydrogen-bond donors (Lipinski definition) is 1. The molecule has 1 aromatic rings. The molecule has 0 aliphatic heterocycles. The third-order valence-corrected chi connectivity index (χ3v) is 2.44. The third kappa shape index (κ3) is 1.55. The van der Waals surface area contributed by atoms with Gasteiger partial charge in [-0.1, -0.05) is 12.2 Å². The van der Waals surface area contributed by atoms with Crippen LogP contribution in [0.2, 0.25) is 0 Å². The minimum absolute atomic E-state index is 0.715. The minimum atomic E-state index is 0.715. The Labute approximate surface area is 83.7 Å². The van der Waals surface area contributed by atoms with Gasteiger partial charge in [-0.3, -0.25) is 0 Å². The first-order valence-corrected chi connectivity index (χ1v) is 4.73. The number of nitrogens with one attached hydrogen (secondary N) is 1. The van der Waals surface area contributed by atoms with E-state index in [1.54, 1.807) is 7.11 Å². The average Bonchev–Trinajstić information content (AvgIpc) is 2.40. The SMILES string of the molecule is COc1ccc2c(c1)C=CCCC2=N. The Balaban J connectivity index is 2.51. The van der Waals surface area contributed by atoms with E-state index in [0.29, 0.717) is 5.71 Å². The number of hydrogen-bond acceptors (Lipinski definition) is 2. The van der Waals surface area contributed by atoms with Crippen molar-refractivity contribution in [2.45, 2.75) is 12.8 Å². The molecule has 2 rings (SSSR count). The first-order chi connectivity index (χ1) is 6.81. The van der Waals surface area contributed by atoms with E-state index in [2.05, 4.69) is 12.2 Å². The minimum Gasteiger partial charge on any atom is -0.497 e. The highest BCUT2D eigenvalue weighted by Gasteiger charge is 2.09. The van der Waals surface area contributed by atoms with Gasteiger partial charge in [0, 0.05) is 11.3 Å². The molecule has 0 aromatic heterocycles. The number of fused-ring (bicyclic) bond motifs is 1. The number of methoxy groups -OCH3 is 1. The van der Waals surface area contributed by atoms with Gasteiger partial charge in [0.2, 0.25) is 0 Å². The van der Waals surface area contributed by atoms with E-state index in [1.165, 1.54) is 0 Å². The van der Waals surface area contributed by atoms with E-state index in [9.17, 15) is 0 Å². The first-order valence-electron chi connectivity index (χ1n) is 4.73. The Morgan fingerprint density at radius 3 is 3.00 bits per heavy atom. The van der Waals surface area contributed by atoms with Crippen molar-refractivity contribution in [3.63, 3.8) is 0 Å². The molecule has 0 spiro atoms. The van der Waals surface area contributed by atoms with Crippen molar-refractivity contribution in [1.82, 2.24) is 0 Å². The monoisotopic (exact) mass is 187 g/mol. The topological polar surface area (TPSA) is 33.1 Å². The lowest BCUT2D eigenvalue weighted by atomic mass is 10.0. The summed E-state index contributed by atoms with van der Waals surface area (Å²) in [5, 5.41) is 7.86. The van der Waals surface area contributed by atoms with Crippen molar-refractivity contribution in [2.75, 3.05) is 7.11 Å². The standard InChI is InChI=1S/C12H13NO/c1-14-10-6-7-11-9(8-10)4-2-3-5-12(11)13/h2,4,6-8,13H,3,5H2,1H3. The predicted octanol–water partition coefficient (Wildman–Crippen LogP) is 2.87. The van der Waals surface area contributed by atoms with Crippen LogP contribution in [-0.2, 0) is 0 Å². The molecule has 0 heterocycles. The van der Waals surface area contributed by atoms with Crippen molar-refractivity contribution < 1.29 is 4.74 Å². The summed E-state index contributed by atoms with van der Waals surface area (Å²) in [5.74, 6) is 0.850. The molecule has 0 radical (unpaired) electrons. The Morgan fingerprint density at radius 1 is 1.36 bits per heavy atom. The van der Waals surface area contributed by atoms with Gasteiger partial charge in [0.15, 0.2) is 0 Å². The van der Waals surface area contributed by atoms with Crippen molar-refractivity contribution in [2.24, 2.45) is 0 Å². The summed E-state index contributed by atoms with van der Waals surface area (Å²) >= 11 is 0. The van der Waals surface area contributed by atoms with Crippen LogP contribution in [0.4, 0.5) is 0 Å². The number of benzene rings is 1. The maximum atomic E-state index is 7.86. The molecule has 0 amide bonds. The molecule has 2 heteroatoms. The maximum absolute atomic E-state index is 7.86. The molecular formula is C12H13NO. The van der Waals surface area contributed by atoms with Gasteiger partial charge in [-0.15, -0.1) is 0 Å². The van der Waals surface area contributed by atoms with Gasteiger partial charge >= 0.3 is 0 Å². The quantitative estimate of drug-likeness (QED) is 0.720. The van der Waals surface area contributed by atoms with E-state index >= 15 is 0 Å². The maximum Gasteiger partial charge on any atom is 0.119 e. The second-order valence-electron chi connectivity index (χ2n) is 3.37. The van der Waals surface area contributed by atoms with Crippen LogP contribution >= 0.6 is 0 Å². The van der Waals surface area contributed by atoms with Gasteiger partial charge in [0.1, 0.15) is 5.75 Å². The molecule has 72 valence electrons. The largest absolute Gasteiger partial charge is 0.497 e. The van der Waals surface area contributed by atoms with Crippen LogP contribution in [-0.4, -0.2) is 12.8 Å². The molecule has 0 unspecified atom stereocenters. The number of ether oxygens (including phenoxy) is 1. The Morgan fingerprint density at radius 2 is 2.21 bits per heavy atom. The second-order valence-corrected chi connectivity index (χ2v) is 3.37. The molecule has 0 fully saturated rings. The molecular weight excluding hydrogens is 174 g/mol. The van der Waals surface area contributed by atoms with Gasteiger partial charge in [0.05, 0.1) is 7.11 Å². The molecule has 0 saturated carbocycles. The summed E-state index contributed by atoms with van der Waals surface area (Å²) in [5.41, 5.74) is 2.83. The van der Waals surface area contributed by atoms with Gasteiger partial charge in [-0.25, -0.2) is 0 Å². The Bertz CT molecular complexity index is 393. The summed E-state index contributed by atoms with van der Waals surface area (Å²) in [6.45, 7) is 0. The molecule has 1 aliphatic carbocycles. The summed E-state index contributed by atoms with van der Waals surface area (Å²) < 4.78 is 5.15. The van der Waals surface area contributed by atoms with Crippen LogP contribution in [0.5, 0.6) is 5.75 Å². The van der Waals surface area contributed by atoms with Crippen LogP contribution in [0.1, 0.15) is 24.0 Å². The fraction of sp³-hybridized carbons (Fsp3) is 0.250. The number of rotatable bonds is 1. The Hall–Kier alpha value is -1.57. The van der Waals surface area contributed by atoms with Crippen LogP contribution in [0, 0.1) is 5.41 Å². The molecule has 1 N–H and O–H groups in total. The third-order valence-electron chi connectivity index (χ3n) is 2.44. The van der Waals surface area contributed by atoms with Crippen molar-refractivity contribution in [3.05, 3.63) is 35.4 Å². The molecule has 0 bridgehead atoms.